The summed E-state index contributed by atoms with van der Waals surface area (Å²) < 4.78 is 5.69. The molecule has 0 radical (unpaired) electrons. The lowest BCUT2D eigenvalue weighted by atomic mass is 9.77. The number of hydrogen-bond acceptors (Lipinski definition) is 6. The highest BCUT2D eigenvalue weighted by atomic mass is 16.6. The van der Waals surface area contributed by atoms with Crippen LogP contribution in [0, 0.1) is 0 Å². The Morgan fingerprint density at radius 3 is 2.50 bits per heavy atom. The van der Waals surface area contributed by atoms with Crippen molar-refractivity contribution >= 4 is 16.9 Å². The number of allylic oxidation sites excluding steroid dienone is 2. The van der Waals surface area contributed by atoms with Crippen LogP contribution in [-0.2, 0) is 4.74 Å². The van der Waals surface area contributed by atoms with Gasteiger partial charge in [0.1, 0.15) is 17.3 Å². The van der Waals surface area contributed by atoms with Crippen molar-refractivity contribution in [2.45, 2.75) is 18.3 Å². The van der Waals surface area contributed by atoms with E-state index in [2.05, 4.69) is 0 Å². The Morgan fingerprint density at radius 2 is 1.73 bits per heavy atom. The number of aliphatic hydroxyl groups is 2. The first-order chi connectivity index (χ1) is 12.4. The number of phenolic OH excluding ortho intramolecular Hbond substituents is 2. The van der Waals surface area contributed by atoms with Crippen LogP contribution in [0.5, 0.6) is 11.5 Å². The molecule has 26 heavy (non-hydrogen) atoms. The van der Waals surface area contributed by atoms with Crippen molar-refractivity contribution in [1.29, 1.82) is 0 Å². The van der Waals surface area contributed by atoms with Gasteiger partial charge in [-0.25, -0.2) is 0 Å². The Hall–Kier alpha value is -3.09. The molecule has 0 fully saturated rings. The molecule has 2 unspecified atom stereocenters. The molecule has 0 aromatic heterocycles. The summed E-state index contributed by atoms with van der Waals surface area (Å²) in [5, 5.41) is 41.9. The van der Waals surface area contributed by atoms with Crippen LogP contribution in [0.3, 0.4) is 0 Å². The van der Waals surface area contributed by atoms with Crippen molar-refractivity contribution in [2.24, 2.45) is 0 Å². The van der Waals surface area contributed by atoms with E-state index < -0.39 is 17.7 Å². The van der Waals surface area contributed by atoms with E-state index in [0.29, 0.717) is 27.8 Å². The van der Waals surface area contributed by atoms with Crippen LogP contribution < -0.4 is 0 Å². The lowest BCUT2D eigenvalue weighted by Crippen LogP contribution is -2.36. The average Bonchev–Trinajstić information content (AvgIpc) is 2.86. The Morgan fingerprint density at radius 1 is 1.04 bits per heavy atom. The van der Waals surface area contributed by atoms with E-state index in [1.807, 2.05) is 0 Å². The molecule has 3 aliphatic rings. The predicted octanol–water partition coefficient (Wildman–Crippen LogP) is 2.24. The maximum atomic E-state index is 12.4. The molecular formula is C20H14O6. The molecule has 6 nitrogen and oxygen atoms in total. The lowest BCUT2D eigenvalue weighted by molar-refractivity contribution is -0.142. The second-order valence-corrected chi connectivity index (χ2v) is 6.67. The minimum Gasteiger partial charge on any atom is -0.508 e. The van der Waals surface area contributed by atoms with Gasteiger partial charge in [-0.3, -0.25) is 4.79 Å². The number of rotatable bonds is 0. The number of carbonyl (C=O) groups is 1. The highest BCUT2D eigenvalue weighted by Gasteiger charge is 2.52. The molecule has 0 bridgehead atoms. The molecule has 1 aliphatic heterocycles. The van der Waals surface area contributed by atoms with Gasteiger partial charge >= 0.3 is 0 Å². The molecule has 2 aromatic rings. The normalized spacial score (nSPS) is 25.7. The number of carbonyl (C=O) groups excluding carboxylic acids is 1. The largest absolute Gasteiger partial charge is 0.508 e. The smallest absolute Gasteiger partial charge is 0.239 e. The number of ketones is 1. The predicted molar refractivity (Wildman–Crippen MR) is 91.1 cm³/mol. The fourth-order valence-corrected chi connectivity index (χ4v) is 4.14. The molecule has 0 amide bonds. The summed E-state index contributed by atoms with van der Waals surface area (Å²) in [4.78, 5) is 12.4. The van der Waals surface area contributed by atoms with Crippen molar-refractivity contribution in [3.8, 4) is 11.5 Å². The quantitative estimate of drug-likeness (QED) is 0.580. The highest BCUT2D eigenvalue weighted by Crippen LogP contribution is 2.57. The summed E-state index contributed by atoms with van der Waals surface area (Å²) in [6.07, 6.45) is -0.0772. The van der Waals surface area contributed by atoms with E-state index >= 15 is 0 Å². The van der Waals surface area contributed by atoms with Crippen LogP contribution in [0.25, 0.3) is 11.1 Å². The maximum absolute atomic E-state index is 12.4. The third-order valence-electron chi connectivity index (χ3n) is 5.14. The van der Waals surface area contributed by atoms with Gasteiger partial charge in [0.25, 0.3) is 0 Å². The summed E-state index contributed by atoms with van der Waals surface area (Å²) in [6.45, 7) is 0. The number of aromatic hydroxyl groups is 2. The molecule has 5 rings (SSSR count). The Bertz CT molecular complexity index is 1060. The maximum Gasteiger partial charge on any atom is 0.239 e. The lowest BCUT2D eigenvalue weighted by Gasteiger charge is -2.34. The molecule has 2 atom stereocenters. The standard InChI is InChI=1S/C20H14O6/c21-11-5-1-3-9-16(11)13(23)7-15-18(9)19-10-4-2-6-12(22)17(10)14(24)8-20(19,25)26-15/h1-7,14,21-22,24-25H,8H2. The van der Waals surface area contributed by atoms with E-state index in [-0.39, 0.29) is 29.2 Å². The molecule has 2 aliphatic carbocycles. The van der Waals surface area contributed by atoms with Gasteiger partial charge in [-0.1, -0.05) is 24.3 Å². The number of fused-ring (bicyclic) bond motifs is 6. The molecule has 0 spiro atoms. The van der Waals surface area contributed by atoms with Gasteiger partial charge in [-0.05, 0) is 17.7 Å². The summed E-state index contributed by atoms with van der Waals surface area (Å²) in [6, 6.07) is 9.46. The van der Waals surface area contributed by atoms with Crippen LogP contribution in [0.2, 0.25) is 0 Å². The zero-order valence-corrected chi connectivity index (χ0v) is 13.4. The Labute approximate surface area is 147 Å². The van der Waals surface area contributed by atoms with E-state index in [9.17, 15) is 25.2 Å². The SMILES string of the molecule is O=C1C=C2OC3(O)CC(O)c4c(O)cccc4C3=C2c2cccc(O)c21. The molecular weight excluding hydrogens is 336 g/mol. The topological polar surface area (TPSA) is 107 Å². The van der Waals surface area contributed by atoms with Gasteiger partial charge in [-0.15, -0.1) is 0 Å². The van der Waals surface area contributed by atoms with Gasteiger partial charge in [-0.2, -0.15) is 0 Å². The Balaban J connectivity index is 1.91. The van der Waals surface area contributed by atoms with Crippen LogP contribution in [-0.4, -0.2) is 32.0 Å². The molecule has 0 saturated heterocycles. The summed E-state index contributed by atoms with van der Waals surface area (Å²) in [5.41, 5.74) is 2.20. The van der Waals surface area contributed by atoms with Gasteiger partial charge in [0.15, 0.2) is 5.78 Å². The van der Waals surface area contributed by atoms with Crippen LogP contribution in [0.1, 0.15) is 39.6 Å². The number of benzene rings is 2. The fraction of sp³-hybridized carbons (Fsp3) is 0.150. The van der Waals surface area contributed by atoms with Crippen molar-refractivity contribution in [1.82, 2.24) is 0 Å². The van der Waals surface area contributed by atoms with E-state index in [0.717, 1.165) is 0 Å². The number of phenols is 2. The summed E-state index contributed by atoms with van der Waals surface area (Å²) in [5.74, 6) is -2.29. The first-order valence-electron chi connectivity index (χ1n) is 8.16. The fourth-order valence-electron chi connectivity index (χ4n) is 4.14. The molecule has 1 heterocycles. The van der Waals surface area contributed by atoms with Crippen LogP contribution in [0.4, 0.5) is 0 Å². The molecule has 0 saturated carbocycles. The van der Waals surface area contributed by atoms with E-state index in [4.69, 9.17) is 4.74 Å². The molecule has 4 N–H and O–H groups in total. The second-order valence-electron chi connectivity index (χ2n) is 6.67. The molecule has 6 heteroatoms. The molecule has 130 valence electrons. The third-order valence-corrected chi connectivity index (χ3v) is 5.14. The van der Waals surface area contributed by atoms with Crippen molar-refractivity contribution in [3.05, 3.63) is 70.5 Å². The van der Waals surface area contributed by atoms with Gasteiger partial charge in [0.05, 0.1) is 11.7 Å². The number of hydrogen-bond donors (Lipinski definition) is 4. The van der Waals surface area contributed by atoms with Gasteiger partial charge < -0.3 is 25.2 Å². The molecule has 2 aromatic carbocycles. The minimum atomic E-state index is -1.82. The van der Waals surface area contributed by atoms with Crippen molar-refractivity contribution < 1.29 is 30.0 Å². The monoisotopic (exact) mass is 350 g/mol. The highest BCUT2D eigenvalue weighted by molar-refractivity contribution is 6.19. The zero-order valence-electron chi connectivity index (χ0n) is 13.4. The number of ether oxygens (including phenoxy) is 1. The Kier molecular flexibility index (Phi) is 2.77. The number of aliphatic hydroxyl groups excluding tert-OH is 1. The van der Waals surface area contributed by atoms with Gasteiger partial charge in [0, 0.05) is 34.8 Å². The summed E-state index contributed by atoms with van der Waals surface area (Å²) >= 11 is 0. The van der Waals surface area contributed by atoms with Crippen molar-refractivity contribution in [3.63, 3.8) is 0 Å². The first-order valence-corrected chi connectivity index (χ1v) is 8.16. The zero-order chi connectivity index (χ0) is 18.2. The van der Waals surface area contributed by atoms with E-state index in [1.165, 1.54) is 18.2 Å². The third kappa shape index (κ3) is 1.75. The second kappa shape index (κ2) is 4.75. The average molecular weight is 350 g/mol. The van der Waals surface area contributed by atoms with Crippen LogP contribution in [0.15, 0.2) is 48.2 Å². The summed E-state index contributed by atoms with van der Waals surface area (Å²) in [7, 11) is 0. The van der Waals surface area contributed by atoms with Crippen molar-refractivity contribution in [2.75, 3.05) is 0 Å². The van der Waals surface area contributed by atoms with Gasteiger partial charge in [0.2, 0.25) is 5.79 Å². The van der Waals surface area contributed by atoms with Crippen LogP contribution >= 0.6 is 0 Å². The minimum absolute atomic E-state index is 0.0782. The first kappa shape index (κ1) is 15.2. The van der Waals surface area contributed by atoms with E-state index in [1.54, 1.807) is 24.3 Å².